The van der Waals surface area contributed by atoms with Gasteiger partial charge in [0.05, 0.1) is 5.56 Å². The number of rotatable bonds is 6. The monoisotopic (exact) mass is 349 g/mol. The van der Waals surface area contributed by atoms with E-state index in [1.807, 2.05) is 14.0 Å². The lowest BCUT2D eigenvalue weighted by molar-refractivity contribution is -0.138. The van der Waals surface area contributed by atoms with Crippen LogP contribution in [0.15, 0.2) is 48.5 Å². The Morgan fingerprint density at radius 2 is 1.52 bits per heavy atom. The van der Waals surface area contributed by atoms with Crippen LogP contribution in [0.25, 0.3) is 0 Å². The summed E-state index contributed by atoms with van der Waals surface area (Å²) >= 11 is 0. The summed E-state index contributed by atoms with van der Waals surface area (Å²) in [6, 6.07) is 14.2. The van der Waals surface area contributed by atoms with E-state index in [0.29, 0.717) is 24.4 Å². The highest BCUT2D eigenvalue weighted by atomic mass is 19.4. The quantitative estimate of drug-likeness (QED) is 0.578. The van der Waals surface area contributed by atoms with Crippen molar-refractivity contribution < 1.29 is 13.2 Å². The summed E-state index contributed by atoms with van der Waals surface area (Å²) in [5.74, 6) is 0.327. The second-order valence-electron chi connectivity index (χ2n) is 6.94. The predicted molar refractivity (Wildman–Crippen MR) is 98.3 cm³/mol. The molecule has 0 spiro atoms. The molecule has 1 nitrogen and oxygen atoms in total. The largest absolute Gasteiger partial charge is 0.416 e. The van der Waals surface area contributed by atoms with Crippen molar-refractivity contribution in [1.82, 2.24) is 0 Å². The van der Waals surface area contributed by atoms with E-state index >= 15 is 0 Å². The van der Waals surface area contributed by atoms with Crippen LogP contribution in [0.2, 0.25) is 0 Å². The Kier molecular flexibility index (Phi) is 6.15. The average molecular weight is 349 g/mol. The van der Waals surface area contributed by atoms with E-state index < -0.39 is 11.7 Å². The van der Waals surface area contributed by atoms with Gasteiger partial charge in [-0.1, -0.05) is 51.1 Å². The fourth-order valence-corrected chi connectivity index (χ4v) is 2.97. The Hall–Kier alpha value is -1.97. The average Bonchev–Trinajstić information content (AvgIpc) is 2.58. The molecule has 0 aliphatic carbocycles. The summed E-state index contributed by atoms with van der Waals surface area (Å²) < 4.78 is 39.5. The number of halogens is 3. The summed E-state index contributed by atoms with van der Waals surface area (Å²) in [4.78, 5) is 2.09. The molecule has 0 heterocycles. The highest BCUT2D eigenvalue weighted by Crippen LogP contribution is 2.36. The van der Waals surface area contributed by atoms with Gasteiger partial charge in [-0.15, -0.1) is 0 Å². The van der Waals surface area contributed by atoms with Crippen molar-refractivity contribution in [2.24, 2.45) is 0 Å². The van der Waals surface area contributed by atoms with Gasteiger partial charge in [-0.2, -0.15) is 13.2 Å². The van der Waals surface area contributed by atoms with Crippen molar-refractivity contribution in [3.8, 4) is 0 Å². The van der Waals surface area contributed by atoms with Gasteiger partial charge in [-0.3, -0.25) is 0 Å². The molecule has 2 aromatic carbocycles. The molecule has 0 aromatic heterocycles. The maximum absolute atomic E-state index is 13.2. The molecular weight excluding hydrogens is 323 g/mol. The van der Waals surface area contributed by atoms with Gasteiger partial charge in [-0.05, 0) is 47.6 Å². The minimum atomic E-state index is -4.30. The summed E-state index contributed by atoms with van der Waals surface area (Å²) in [5, 5.41) is 0. The lowest BCUT2D eigenvalue weighted by Crippen LogP contribution is -2.21. The van der Waals surface area contributed by atoms with Gasteiger partial charge in [0.15, 0.2) is 0 Å². The Morgan fingerprint density at radius 3 is 2.08 bits per heavy atom. The van der Waals surface area contributed by atoms with Crippen molar-refractivity contribution in [2.75, 3.05) is 18.5 Å². The zero-order valence-corrected chi connectivity index (χ0v) is 15.3. The number of alkyl halides is 3. The molecule has 0 saturated heterocycles. The summed E-state index contributed by atoms with van der Waals surface area (Å²) in [7, 11) is 1.98. The standard InChI is InChI=1S/C21H26F3N/c1-15(2)17-9-11-18(12-10-17)25(4)14-13-16(3)19-7-5-6-8-20(19)21(22,23)24/h5-12,15-16H,13-14H2,1-4H3. The van der Waals surface area contributed by atoms with Gasteiger partial charge in [0, 0.05) is 19.3 Å². The Bertz CT molecular complexity index is 674. The molecule has 0 saturated carbocycles. The Balaban J connectivity index is 2.03. The lowest BCUT2D eigenvalue weighted by Gasteiger charge is -2.23. The van der Waals surface area contributed by atoms with E-state index in [4.69, 9.17) is 0 Å². The number of hydrogen-bond donors (Lipinski definition) is 0. The predicted octanol–water partition coefficient (Wildman–Crippen LogP) is 6.46. The van der Waals surface area contributed by atoms with Crippen LogP contribution in [0.3, 0.4) is 0 Å². The first-order valence-electron chi connectivity index (χ1n) is 8.67. The Morgan fingerprint density at radius 1 is 0.920 bits per heavy atom. The van der Waals surface area contributed by atoms with E-state index in [9.17, 15) is 13.2 Å². The first-order valence-corrected chi connectivity index (χ1v) is 8.67. The molecule has 2 rings (SSSR count). The van der Waals surface area contributed by atoms with Crippen molar-refractivity contribution in [3.63, 3.8) is 0 Å². The molecule has 0 aliphatic heterocycles. The van der Waals surface area contributed by atoms with E-state index in [0.717, 1.165) is 5.69 Å². The zero-order valence-electron chi connectivity index (χ0n) is 15.3. The third-order valence-corrected chi connectivity index (χ3v) is 4.70. The van der Waals surface area contributed by atoms with Gasteiger partial charge in [0.2, 0.25) is 0 Å². The third-order valence-electron chi connectivity index (χ3n) is 4.70. The van der Waals surface area contributed by atoms with E-state index in [-0.39, 0.29) is 5.92 Å². The zero-order chi connectivity index (χ0) is 18.6. The minimum Gasteiger partial charge on any atom is -0.375 e. The van der Waals surface area contributed by atoms with Crippen molar-refractivity contribution in [3.05, 3.63) is 65.2 Å². The highest BCUT2D eigenvalue weighted by Gasteiger charge is 2.34. The van der Waals surface area contributed by atoms with Crippen LogP contribution < -0.4 is 4.90 Å². The maximum Gasteiger partial charge on any atom is 0.416 e. The van der Waals surface area contributed by atoms with E-state index in [2.05, 4.69) is 43.0 Å². The van der Waals surface area contributed by atoms with Crippen LogP contribution in [0, 0.1) is 0 Å². The summed E-state index contributed by atoms with van der Waals surface area (Å²) in [5.41, 5.74) is 2.22. The normalized spacial score (nSPS) is 13.1. The van der Waals surface area contributed by atoms with Crippen LogP contribution in [0.4, 0.5) is 18.9 Å². The number of hydrogen-bond acceptors (Lipinski definition) is 1. The second-order valence-corrected chi connectivity index (χ2v) is 6.94. The van der Waals surface area contributed by atoms with Crippen molar-refractivity contribution >= 4 is 5.69 Å². The first-order chi connectivity index (χ1) is 11.7. The molecule has 2 aromatic rings. The Labute approximate surface area is 148 Å². The van der Waals surface area contributed by atoms with Crippen molar-refractivity contribution in [1.29, 1.82) is 0 Å². The van der Waals surface area contributed by atoms with Gasteiger partial charge in [0.1, 0.15) is 0 Å². The third kappa shape index (κ3) is 5.00. The number of nitrogens with zero attached hydrogens (tertiary/aromatic N) is 1. The smallest absolute Gasteiger partial charge is 0.375 e. The van der Waals surface area contributed by atoms with Crippen molar-refractivity contribution in [2.45, 2.75) is 45.2 Å². The highest BCUT2D eigenvalue weighted by molar-refractivity contribution is 5.47. The molecule has 1 unspecified atom stereocenters. The molecule has 0 aliphatic rings. The lowest BCUT2D eigenvalue weighted by atomic mass is 9.92. The van der Waals surface area contributed by atoms with E-state index in [1.54, 1.807) is 12.1 Å². The van der Waals surface area contributed by atoms with Gasteiger partial charge >= 0.3 is 6.18 Å². The topological polar surface area (TPSA) is 3.24 Å². The molecule has 4 heteroatoms. The van der Waals surface area contributed by atoms with Gasteiger partial charge in [-0.25, -0.2) is 0 Å². The molecule has 0 fully saturated rings. The SMILES string of the molecule is CC(C)c1ccc(N(C)CCC(C)c2ccccc2C(F)(F)F)cc1. The molecule has 1 atom stereocenters. The van der Waals surface area contributed by atoms with Crippen LogP contribution in [0.5, 0.6) is 0 Å². The van der Waals surface area contributed by atoms with E-state index in [1.165, 1.54) is 17.7 Å². The molecule has 136 valence electrons. The molecule has 0 amide bonds. The number of anilines is 1. The van der Waals surface area contributed by atoms with Crippen LogP contribution in [-0.4, -0.2) is 13.6 Å². The fourth-order valence-electron chi connectivity index (χ4n) is 2.97. The van der Waals surface area contributed by atoms with Gasteiger partial charge < -0.3 is 4.90 Å². The summed E-state index contributed by atoms with van der Waals surface area (Å²) in [6.45, 7) is 6.87. The van der Waals surface area contributed by atoms with Crippen LogP contribution in [0.1, 0.15) is 55.7 Å². The molecule has 25 heavy (non-hydrogen) atoms. The fraction of sp³-hybridized carbons (Fsp3) is 0.429. The first kappa shape index (κ1) is 19.4. The van der Waals surface area contributed by atoms with Crippen LogP contribution in [-0.2, 0) is 6.18 Å². The van der Waals surface area contributed by atoms with Gasteiger partial charge in [0.25, 0.3) is 0 Å². The molecular formula is C21H26F3N. The van der Waals surface area contributed by atoms with Crippen LogP contribution >= 0.6 is 0 Å². The summed E-state index contributed by atoms with van der Waals surface area (Å²) in [6.07, 6.45) is -3.64. The maximum atomic E-state index is 13.2. The molecule has 0 radical (unpaired) electrons. The number of benzene rings is 2. The second kappa shape index (κ2) is 7.94. The molecule has 0 bridgehead atoms. The minimum absolute atomic E-state index is 0.157. The molecule has 0 N–H and O–H groups in total.